The molecule has 0 radical (unpaired) electrons. The molecule has 16 heavy (non-hydrogen) atoms. The number of hydrogen-bond donors (Lipinski definition) is 1. The molecule has 90 valence electrons. The lowest BCUT2D eigenvalue weighted by atomic mass is 10.1. The summed E-state index contributed by atoms with van der Waals surface area (Å²) < 4.78 is 1.13. The van der Waals surface area contributed by atoms with Crippen molar-refractivity contribution in [3.05, 3.63) is 28.2 Å². The summed E-state index contributed by atoms with van der Waals surface area (Å²) in [6.07, 6.45) is 2.44. The number of halogens is 1. The van der Waals surface area contributed by atoms with Crippen molar-refractivity contribution in [3.63, 3.8) is 0 Å². The van der Waals surface area contributed by atoms with Gasteiger partial charge in [-0.25, -0.2) is 0 Å². The molecule has 0 unspecified atom stereocenters. The van der Waals surface area contributed by atoms with E-state index in [1.54, 1.807) is 0 Å². The smallest absolute Gasteiger partial charge is 0.0508 e. The van der Waals surface area contributed by atoms with Crippen LogP contribution in [-0.2, 0) is 0 Å². The summed E-state index contributed by atoms with van der Waals surface area (Å²) in [5.41, 5.74) is 8.25. The average Bonchev–Trinajstić information content (AvgIpc) is 2.25. The summed E-state index contributed by atoms with van der Waals surface area (Å²) in [6.45, 7) is 5.30. The highest BCUT2D eigenvalue weighted by atomic mass is 79.9. The Balaban J connectivity index is 2.81. The summed E-state index contributed by atoms with van der Waals surface area (Å²) in [6, 6.07) is 6.44. The minimum absolute atomic E-state index is 0.0892. The molecule has 1 aromatic rings. The summed E-state index contributed by atoms with van der Waals surface area (Å²) in [7, 11) is 2.13. The highest BCUT2D eigenvalue weighted by molar-refractivity contribution is 9.10. The molecule has 0 spiro atoms. The van der Waals surface area contributed by atoms with Crippen molar-refractivity contribution in [2.75, 3.05) is 18.5 Å². The highest BCUT2D eigenvalue weighted by Crippen LogP contribution is 2.28. The van der Waals surface area contributed by atoms with E-state index in [-0.39, 0.29) is 6.04 Å². The van der Waals surface area contributed by atoms with Gasteiger partial charge in [0, 0.05) is 24.1 Å². The number of nitrogens with zero attached hydrogens (tertiary/aromatic N) is 1. The standard InChI is InChI=1S/C13H21BrN2/c1-4-5-8-16(3)13-7-6-11(10(2)15)9-12(13)14/h6-7,9-10H,4-5,8,15H2,1-3H3/t10-/m1/s1. The summed E-state index contributed by atoms with van der Waals surface area (Å²) in [5.74, 6) is 0. The van der Waals surface area contributed by atoms with Crippen molar-refractivity contribution in [1.82, 2.24) is 0 Å². The second kappa shape index (κ2) is 6.26. The van der Waals surface area contributed by atoms with Crippen LogP contribution in [0.1, 0.15) is 38.3 Å². The zero-order chi connectivity index (χ0) is 12.1. The first-order valence-electron chi connectivity index (χ1n) is 5.82. The van der Waals surface area contributed by atoms with Gasteiger partial charge in [0.25, 0.3) is 0 Å². The molecule has 0 fully saturated rings. The summed E-state index contributed by atoms with van der Waals surface area (Å²) in [4.78, 5) is 2.28. The van der Waals surface area contributed by atoms with Crippen LogP contribution >= 0.6 is 15.9 Å². The van der Waals surface area contributed by atoms with Gasteiger partial charge in [-0.05, 0) is 47.0 Å². The quantitative estimate of drug-likeness (QED) is 0.893. The second-order valence-corrected chi connectivity index (χ2v) is 5.13. The van der Waals surface area contributed by atoms with E-state index in [9.17, 15) is 0 Å². The van der Waals surface area contributed by atoms with Crippen molar-refractivity contribution < 1.29 is 0 Å². The summed E-state index contributed by atoms with van der Waals surface area (Å²) >= 11 is 3.61. The lowest BCUT2D eigenvalue weighted by molar-refractivity contribution is 0.764. The Hall–Kier alpha value is -0.540. The topological polar surface area (TPSA) is 29.3 Å². The van der Waals surface area contributed by atoms with E-state index in [2.05, 4.69) is 53.0 Å². The van der Waals surface area contributed by atoms with Crippen LogP contribution in [0.5, 0.6) is 0 Å². The molecule has 0 saturated carbocycles. The predicted molar refractivity (Wildman–Crippen MR) is 74.9 cm³/mol. The van der Waals surface area contributed by atoms with E-state index in [0.717, 1.165) is 11.0 Å². The number of benzene rings is 1. The first-order chi connectivity index (χ1) is 7.56. The molecule has 2 nitrogen and oxygen atoms in total. The van der Waals surface area contributed by atoms with Crippen LogP contribution in [0.4, 0.5) is 5.69 Å². The zero-order valence-electron chi connectivity index (χ0n) is 10.3. The largest absolute Gasteiger partial charge is 0.374 e. The van der Waals surface area contributed by atoms with Crippen molar-refractivity contribution in [3.8, 4) is 0 Å². The third-order valence-electron chi connectivity index (χ3n) is 2.76. The van der Waals surface area contributed by atoms with Crippen LogP contribution in [-0.4, -0.2) is 13.6 Å². The van der Waals surface area contributed by atoms with Gasteiger partial charge in [-0.3, -0.25) is 0 Å². The van der Waals surface area contributed by atoms with Gasteiger partial charge in [0.05, 0.1) is 5.69 Å². The monoisotopic (exact) mass is 284 g/mol. The molecule has 0 heterocycles. The van der Waals surface area contributed by atoms with Gasteiger partial charge < -0.3 is 10.6 Å². The Kier molecular flexibility index (Phi) is 5.29. The van der Waals surface area contributed by atoms with Crippen LogP contribution in [0.25, 0.3) is 0 Å². The van der Waals surface area contributed by atoms with Crippen LogP contribution < -0.4 is 10.6 Å². The minimum atomic E-state index is 0.0892. The van der Waals surface area contributed by atoms with Gasteiger partial charge in [-0.1, -0.05) is 19.4 Å². The van der Waals surface area contributed by atoms with E-state index < -0.39 is 0 Å². The normalized spacial score (nSPS) is 12.6. The highest BCUT2D eigenvalue weighted by Gasteiger charge is 2.07. The molecule has 0 aromatic heterocycles. The fraction of sp³-hybridized carbons (Fsp3) is 0.538. The van der Waals surface area contributed by atoms with Crippen LogP contribution in [0.3, 0.4) is 0 Å². The maximum Gasteiger partial charge on any atom is 0.0508 e. The number of anilines is 1. The third kappa shape index (κ3) is 3.49. The molecule has 3 heteroatoms. The molecule has 0 bridgehead atoms. The van der Waals surface area contributed by atoms with Crippen LogP contribution in [0.2, 0.25) is 0 Å². The maximum absolute atomic E-state index is 5.85. The Morgan fingerprint density at radius 1 is 1.44 bits per heavy atom. The summed E-state index contributed by atoms with van der Waals surface area (Å²) in [5, 5.41) is 0. The van der Waals surface area contributed by atoms with Crippen LogP contribution in [0, 0.1) is 0 Å². The SMILES string of the molecule is CCCCN(C)c1ccc([C@@H](C)N)cc1Br. The van der Waals surface area contributed by atoms with E-state index >= 15 is 0 Å². The molecule has 1 atom stereocenters. The average molecular weight is 285 g/mol. The Labute approximate surface area is 107 Å². The number of rotatable bonds is 5. The predicted octanol–water partition coefficient (Wildman–Crippen LogP) is 3.71. The zero-order valence-corrected chi connectivity index (χ0v) is 11.9. The molecular formula is C13H21BrN2. The van der Waals surface area contributed by atoms with Crippen LogP contribution in [0.15, 0.2) is 22.7 Å². The van der Waals surface area contributed by atoms with Gasteiger partial charge in [-0.2, -0.15) is 0 Å². The molecule has 0 amide bonds. The number of nitrogens with two attached hydrogens (primary N) is 1. The van der Waals surface area contributed by atoms with Crippen molar-refractivity contribution in [2.45, 2.75) is 32.7 Å². The Morgan fingerprint density at radius 2 is 2.12 bits per heavy atom. The lowest BCUT2D eigenvalue weighted by Crippen LogP contribution is -2.19. The van der Waals surface area contributed by atoms with E-state index in [4.69, 9.17) is 5.73 Å². The lowest BCUT2D eigenvalue weighted by Gasteiger charge is -2.21. The van der Waals surface area contributed by atoms with Crippen molar-refractivity contribution >= 4 is 21.6 Å². The van der Waals surface area contributed by atoms with Gasteiger partial charge in [0.2, 0.25) is 0 Å². The van der Waals surface area contributed by atoms with Gasteiger partial charge in [-0.15, -0.1) is 0 Å². The van der Waals surface area contributed by atoms with Crippen molar-refractivity contribution in [1.29, 1.82) is 0 Å². The van der Waals surface area contributed by atoms with Gasteiger partial charge >= 0.3 is 0 Å². The minimum Gasteiger partial charge on any atom is -0.374 e. The fourth-order valence-corrected chi connectivity index (χ4v) is 2.33. The van der Waals surface area contributed by atoms with E-state index in [1.807, 2.05) is 6.92 Å². The Morgan fingerprint density at radius 3 is 2.62 bits per heavy atom. The molecule has 0 aliphatic rings. The maximum atomic E-state index is 5.85. The van der Waals surface area contributed by atoms with E-state index in [0.29, 0.717) is 0 Å². The first kappa shape index (κ1) is 13.5. The molecule has 2 N–H and O–H groups in total. The fourth-order valence-electron chi connectivity index (χ4n) is 1.63. The molecule has 1 rings (SSSR count). The number of unbranched alkanes of at least 4 members (excludes halogenated alkanes) is 1. The van der Waals surface area contributed by atoms with Gasteiger partial charge in [0.1, 0.15) is 0 Å². The second-order valence-electron chi connectivity index (χ2n) is 4.27. The molecule has 0 aliphatic heterocycles. The van der Waals surface area contributed by atoms with Crippen molar-refractivity contribution in [2.24, 2.45) is 5.73 Å². The Bertz CT molecular complexity index is 337. The molecule has 0 saturated heterocycles. The van der Waals surface area contributed by atoms with E-state index in [1.165, 1.54) is 24.1 Å². The molecular weight excluding hydrogens is 264 g/mol. The first-order valence-corrected chi connectivity index (χ1v) is 6.61. The van der Waals surface area contributed by atoms with Gasteiger partial charge in [0.15, 0.2) is 0 Å². The molecule has 1 aromatic carbocycles. The number of hydrogen-bond acceptors (Lipinski definition) is 2. The third-order valence-corrected chi connectivity index (χ3v) is 3.39. The molecule has 0 aliphatic carbocycles.